The van der Waals surface area contributed by atoms with Crippen molar-refractivity contribution in [3.05, 3.63) is 34.4 Å². The van der Waals surface area contributed by atoms with Crippen molar-refractivity contribution in [2.45, 2.75) is 26.7 Å². The molecule has 0 fully saturated rings. The molecule has 7 heteroatoms. The summed E-state index contributed by atoms with van der Waals surface area (Å²) in [7, 11) is 0. The lowest BCUT2D eigenvalue weighted by atomic mass is 10.3. The second kappa shape index (κ2) is 8.15. The first-order valence-corrected chi connectivity index (χ1v) is 8.07. The molecule has 0 saturated carbocycles. The molecule has 1 heterocycles. The van der Waals surface area contributed by atoms with Crippen molar-refractivity contribution in [3.8, 4) is 0 Å². The summed E-state index contributed by atoms with van der Waals surface area (Å²) in [5.74, 6) is 1.21. The maximum atomic E-state index is 6.18. The van der Waals surface area contributed by atoms with E-state index in [4.69, 9.17) is 23.2 Å². The van der Waals surface area contributed by atoms with Gasteiger partial charge in [-0.25, -0.2) is 0 Å². The third-order valence-electron chi connectivity index (χ3n) is 3.03. The zero-order valence-electron chi connectivity index (χ0n) is 12.7. The van der Waals surface area contributed by atoms with Crippen LogP contribution < -0.4 is 10.2 Å². The number of halogens is 2. The Bertz CT molecular complexity index is 615. The Morgan fingerprint density at radius 1 is 1.14 bits per heavy atom. The van der Waals surface area contributed by atoms with Crippen LogP contribution in [0.1, 0.15) is 26.7 Å². The summed E-state index contributed by atoms with van der Waals surface area (Å²) in [4.78, 5) is 6.64. The average Bonchev–Trinajstić information content (AvgIpc) is 2.52. The number of nitrogens with zero attached hydrogens (tertiary/aromatic N) is 4. The molecule has 22 heavy (non-hydrogen) atoms. The largest absolute Gasteiger partial charge is 0.339 e. The monoisotopic (exact) mass is 339 g/mol. The van der Waals surface area contributed by atoms with E-state index >= 15 is 0 Å². The normalized spacial score (nSPS) is 10.5. The van der Waals surface area contributed by atoms with Crippen LogP contribution in [0.15, 0.2) is 24.4 Å². The van der Waals surface area contributed by atoms with E-state index in [-0.39, 0.29) is 0 Å². The van der Waals surface area contributed by atoms with Crippen molar-refractivity contribution < 1.29 is 0 Å². The van der Waals surface area contributed by atoms with Crippen molar-refractivity contribution in [2.24, 2.45) is 0 Å². The fourth-order valence-electron chi connectivity index (χ4n) is 2.08. The molecule has 0 amide bonds. The van der Waals surface area contributed by atoms with Gasteiger partial charge >= 0.3 is 0 Å². The van der Waals surface area contributed by atoms with Crippen molar-refractivity contribution in [1.29, 1.82) is 0 Å². The fourth-order valence-corrected chi connectivity index (χ4v) is 2.43. The second-order valence-corrected chi connectivity index (χ2v) is 5.64. The number of nitrogens with one attached hydrogen (secondary N) is 1. The first-order valence-electron chi connectivity index (χ1n) is 7.31. The molecule has 0 atom stereocenters. The molecular weight excluding hydrogens is 321 g/mol. The summed E-state index contributed by atoms with van der Waals surface area (Å²) in [6, 6.07) is 5.40. The van der Waals surface area contributed by atoms with Crippen molar-refractivity contribution in [3.63, 3.8) is 0 Å². The quantitative estimate of drug-likeness (QED) is 0.801. The minimum absolute atomic E-state index is 0.461. The van der Waals surface area contributed by atoms with Crippen LogP contribution >= 0.6 is 23.2 Å². The zero-order chi connectivity index (χ0) is 15.9. The predicted octanol–water partition coefficient (Wildman–Crippen LogP) is 4.55. The highest BCUT2D eigenvalue weighted by molar-refractivity contribution is 6.43. The predicted molar refractivity (Wildman–Crippen MR) is 92.4 cm³/mol. The Hall–Kier alpha value is -1.59. The standard InChI is InChI=1S/C15H19Cl2N5/c1-3-8-22(9-4-2)15-20-13(10-18-21-15)19-12-7-5-6-11(16)14(12)17/h5-7,10H,3-4,8-9H2,1-2H3,(H,19,20,21). The number of benzene rings is 1. The summed E-state index contributed by atoms with van der Waals surface area (Å²) >= 11 is 12.2. The van der Waals surface area contributed by atoms with E-state index in [2.05, 4.69) is 39.2 Å². The summed E-state index contributed by atoms with van der Waals surface area (Å²) in [5.41, 5.74) is 0.693. The van der Waals surface area contributed by atoms with Gasteiger partial charge in [-0.05, 0) is 25.0 Å². The molecule has 0 aliphatic rings. The smallest absolute Gasteiger partial charge is 0.247 e. The molecule has 0 saturated heterocycles. The van der Waals surface area contributed by atoms with E-state index in [1.165, 1.54) is 0 Å². The molecule has 2 aromatic rings. The lowest BCUT2D eigenvalue weighted by Crippen LogP contribution is -2.27. The van der Waals surface area contributed by atoms with Gasteiger partial charge in [-0.1, -0.05) is 43.1 Å². The topological polar surface area (TPSA) is 53.9 Å². The van der Waals surface area contributed by atoms with E-state index in [0.717, 1.165) is 25.9 Å². The van der Waals surface area contributed by atoms with Gasteiger partial charge < -0.3 is 10.2 Å². The summed E-state index contributed by atoms with van der Waals surface area (Å²) in [5, 5.41) is 12.2. The summed E-state index contributed by atoms with van der Waals surface area (Å²) < 4.78 is 0. The highest BCUT2D eigenvalue weighted by Gasteiger charge is 2.11. The second-order valence-electron chi connectivity index (χ2n) is 4.86. The van der Waals surface area contributed by atoms with Crippen LogP contribution in [0.5, 0.6) is 0 Å². The minimum Gasteiger partial charge on any atom is -0.339 e. The molecule has 0 aliphatic carbocycles. The lowest BCUT2D eigenvalue weighted by Gasteiger charge is -2.21. The number of anilines is 3. The molecule has 1 aromatic heterocycles. The molecule has 1 N–H and O–H groups in total. The third-order valence-corrected chi connectivity index (χ3v) is 3.85. The van der Waals surface area contributed by atoms with Crippen molar-refractivity contribution >= 4 is 40.7 Å². The van der Waals surface area contributed by atoms with Gasteiger partial charge in [0, 0.05) is 13.1 Å². The maximum Gasteiger partial charge on any atom is 0.247 e. The molecular formula is C15H19Cl2N5. The number of hydrogen-bond acceptors (Lipinski definition) is 5. The van der Waals surface area contributed by atoms with Crippen LogP contribution in [0, 0.1) is 0 Å². The molecule has 0 spiro atoms. The van der Waals surface area contributed by atoms with Crippen LogP contribution in [0.4, 0.5) is 17.5 Å². The van der Waals surface area contributed by atoms with Gasteiger partial charge in [0.1, 0.15) is 0 Å². The molecule has 1 aromatic carbocycles. The van der Waals surface area contributed by atoms with Gasteiger partial charge in [0.2, 0.25) is 5.95 Å². The first-order chi connectivity index (χ1) is 10.7. The Kier molecular flexibility index (Phi) is 6.21. The Morgan fingerprint density at radius 2 is 1.86 bits per heavy atom. The Balaban J connectivity index is 2.22. The molecule has 5 nitrogen and oxygen atoms in total. The highest BCUT2D eigenvalue weighted by atomic mass is 35.5. The van der Waals surface area contributed by atoms with Crippen LogP contribution in [-0.2, 0) is 0 Å². The SMILES string of the molecule is CCCN(CCC)c1nncc(Nc2cccc(Cl)c2Cl)n1. The molecule has 0 unspecified atom stereocenters. The van der Waals surface area contributed by atoms with E-state index in [1.807, 2.05) is 12.1 Å². The minimum atomic E-state index is 0.461. The van der Waals surface area contributed by atoms with Gasteiger partial charge in [0.15, 0.2) is 5.82 Å². The van der Waals surface area contributed by atoms with Gasteiger partial charge in [-0.2, -0.15) is 10.1 Å². The summed E-state index contributed by atoms with van der Waals surface area (Å²) in [6.45, 7) is 6.06. The number of rotatable bonds is 7. The fraction of sp³-hybridized carbons (Fsp3) is 0.400. The van der Waals surface area contributed by atoms with Crippen molar-refractivity contribution in [2.75, 3.05) is 23.3 Å². The molecule has 0 radical (unpaired) electrons. The molecule has 118 valence electrons. The van der Waals surface area contributed by atoms with E-state index in [9.17, 15) is 0 Å². The van der Waals surface area contributed by atoms with Crippen LogP contribution in [0.25, 0.3) is 0 Å². The first kappa shape index (κ1) is 16.8. The molecule has 0 bridgehead atoms. The number of aromatic nitrogens is 3. The van der Waals surface area contributed by atoms with E-state index in [0.29, 0.717) is 27.5 Å². The van der Waals surface area contributed by atoms with Gasteiger partial charge in [0.05, 0.1) is 21.9 Å². The third kappa shape index (κ3) is 4.21. The van der Waals surface area contributed by atoms with Crippen LogP contribution in [0.3, 0.4) is 0 Å². The zero-order valence-corrected chi connectivity index (χ0v) is 14.2. The van der Waals surface area contributed by atoms with Gasteiger partial charge in [-0.3, -0.25) is 0 Å². The lowest BCUT2D eigenvalue weighted by molar-refractivity contribution is 0.711. The number of hydrogen-bond donors (Lipinski definition) is 1. The average molecular weight is 340 g/mol. The molecule has 2 rings (SSSR count). The van der Waals surface area contributed by atoms with Gasteiger partial charge in [0.25, 0.3) is 0 Å². The Labute approximate surface area is 140 Å². The van der Waals surface area contributed by atoms with Gasteiger partial charge in [-0.15, -0.1) is 5.10 Å². The Morgan fingerprint density at radius 3 is 2.55 bits per heavy atom. The maximum absolute atomic E-state index is 6.18. The van der Waals surface area contributed by atoms with E-state index in [1.54, 1.807) is 12.3 Å². The summed E-state index contributed by atoms with van der Waals surface area (Å²) in [6.07, 6.45) is 3.62. The van der Waals surface area contributed by atoms with Crippen LogP contribution in [-0.4, -0.2) is 28.3 Å². The van der Waals surface area contributed by atoms with Crippen LogP contribution in [0.2, 0.25) is 10.0 Å². The molecule has 0 aliphatic heterocycles. The van der Waals surface area contributed by atoms with E-state index < -0.39 is 0 Å². The highest BCUT2D eigenvalue weighted by Crippen LogP contribution is 2.31. The van der Waals surface area contributed by atoms with Crippen molar-refractivity contribution in [1.82, 2.24) is 15.2 Å².